The summed E-state index contributed by atoms with van der Waals surface area (Å²) in [5, 5.41) is 9.49. The van der Waals surface area contributed by atoms with Crippen LogP contribution in [0.5, 0.6) is 17.2 Å². The van der Waals surface area contributed by atoms with Crippen molar-refractivity contribution in [2.24, 2.45) is 5.73 Å². The van der Waals surface area contributed by atoms with Crippen molar-refractivity contribution < 1.29 is 19.4 Å². The first kappa shape index (κ1) is 17.6. The van der Waals surface area contributed by atoms with Crippen LogP contribution in [0.4, 0.5) is 0 Å². The molecule has 0 saturated carbocycles. The molecule has 2 aromatic carbocycles. The van der Waals surface area contributed by atoms with E-state index in [0.717, 1.165) is 5.75 Å². The van der Waals surface area contributed by atoms with E-state index >= 15 is 0 Å². The molecule has 0 heterocycles. The van der Waals surface area contributed by atoms with E-state index < -0.39 is 5.91 Å². The lowest BCUT2D eigenvalue weighted by atomic mass is 10.2. The number of benzene rings is 2. The van der Waals surface area contributed by atoms with Crippen molar-refractivity contribution in [2.45, 2.75) is 0 Å². The fourth-order valence-electron chi connectivity index (χ4n) is 1.94. The Bertz CT molecular complexity index is 650. The van der Waals surface area contributed by atoms with Gasteiger partial charge in [-0.2, -0.15) is 0 Å². The minimum absolute atomic E-state index is 0.0386. The molecule has 5 N–H and O–H groups in total. The van der Waals surface area contributed by atoms with Crippen LogP contribution < -0.4 is 26.1 Å². The van der Waals surface area contributed by atoms with Crippen LogP contribution in [-0.2, 0) is 0 Å². The number of primary amides is 1. The summed E-state index contributed by atoms with van der Waals surface area (Å²) in [7, 11) is 0. The third-order valence-corrected chi connectivity index (χ3v) is 3.09. The Labute approximate surface area is 140 Å². The summed E-state index contributed by atoms with van der Waals surface area (Å²) in [5.74, 6) is 0.445. The lowest BCUT2D eigenvalue weighted by molar-refractivity contribution is 0.0997. The minimum Gasteiger partial charge on any atom is -0.507 e. The molecular weight excluding hydrogens is 310 g/mol. The normalized spacial score (nSPS) is 10.3. The average Bonchev–Trinajstić information content (AvgIpc) is 2.59. The molecule has 0 spiro atoms. The number of carbonyl (C=O) groups excluding carboxylic acids is 1. The van der Waals surface area contributed by atoms with Gasteiger partial charge in [-0.05, 0) is 30.3 Å². The van der Waals surface area contributed by atoms with Gasteiger partial charge in [0.25, 0.3) is 5.91 Å². The van der Waals surface area contributed by atoms with Crippen LogP contribution in [-0.4, -0.2) is 37.3 Å². The summed E-state index contributed by atoms with van der Waals surface area (Å²) < 4.78 is 11.0. The number of hydrazine groups is 1. The van der Waals surface area contributed by atoms with Gasteiger partial charge >= 0.3 is 0 Å². The van der Waals surface area contributed by atoms with Gasteiger partial charge in [0.1, 0.15) is 30.5 Å². The Kier molecular flexibility index (Phi) is 6.88. The van der Waals surface area contributed by atoms with Gasteiger partial charge in [0.15, 0.2) is 0 Å². The van der Waals surface area contributed by atoms with Crippen molar-refractivity contribution >= 4 is 5.91 Å². The van der Waals surface area contributed by atoms with Crippen LogP contribution in [0.25, 0.3) is 0 Å². The number of amides is 1. The van der Waals surface area contributed by atoms with Crippen molar-refractivity contribution in [1.29, 1.82) is 0 Å². The third kappa shape index (κ3) is 5.79. The first-order chi connectivity index (χ1) is 11.7. The SMILES string of the molecule is NC(=O)c1cc(OCCNNCCOc2ccccc2)ccc1O. The highest BCUT2D eigenvalue weighted by Crippen LogP contribution is 2.22. The highest BCUT2D eigenvalue weighted by atomic mass is 16.5. The summed E-state index contributed by atoms with van der Waals surface area (Å²) in [4.78, 5) is 11.1. The van der Waals surface area contributed by atoms with Gasteiger partial charge < -0.3 is 20.3 Å². The molecule has 0 bridgehead atoms. The molecule has 0 saturated heterocycles. The van der Waals surface area contributed by atoms with Crippen molar-refractivity contribution in [2.75, 3.05) is 26.3 Å². The Morgan fingerprint density at radius 2 is 1.58 bits per heavy atom. The van der Waals surface area contributed by atoms with E-state index in [1.54, 1.807) is 6.07 Å². The van der Waals surface area contributed by atoms with Gasteiger partial charge in [0, 0.05) is 13.1 Å². The number of rotatable bonds is 10. The molecule has 2 rings (SSSR count). The standard InChI is InChI=1S/C17H21N3O4/c18-17(22)15-12-14(6-7-16(15)21)24-11-9-20-19-8-10-23-13-4-2-1-3-5-13/h1-7,12,19-21H,8-11H2,(H2,18,22). The molecule has 0 aliphatic carbocycles. The fourth-order valence-corrected chi connectivity index (χ4v) is 1.94. The van der Waals surface area contributed by atoms with E-state index in [1.165, 1.54) is 12.1 Å². The van der Waals surface area contributed by atoms with Crippen LogP contribution in [0.3, 0.4) is 0 Å². The molecule has 128 valence electrons. The number of para-hydroxylation sites is 1. The van der Waals surface area contributed by atoms with Gasteiger partial charge in [0.05, 0.1) is 5.56 Å². The highest BCUT2D eigenvalue weighted by molar-refractivity contribution is 5.95. The second-order valence-corrected chi connectivity index (χ2v) is 4.91. The fraction of sp³-hybridized carbons (Fsp3) is 0.235. The molecule has 7 nitrogen and oxygen atoms in total. The number of hydrogen-bond acceptors (Lipinski definition) is 6. The van der Waals surface area contributed by atoms with E-state index in [4.69, 9.17) is 15.2 Å². The molecule has 2 aromatic rings. The molecule has 0 unspecified atom stereocenters. The maximum absolute atomic E-state index is 11.1. The molecule has 1 amide bonds. The van der Waals surface area contributed by atoms with E-state index in [-0.39, 0.29) is 11.3 Å². The minimum atomic E-state index is -0.698. The summed E-state index contributed by atoms with van der Waals surface area (Å²) in [6.07, 6.45) is 0. The smallest absolute Gasteiger partial charge is 0.252 e. The number of phenols is 1. The predicted octanol–water partition coefficient (Wildman–Crippen LogP) is 1.04. The summed E-state index contributed by atoms with van der Waals surface area (Å²) >= 11 is 0. The van der Waals surface area contributed by atoms with E-state index in [2.05, 4.69) is 10.9 Å². The topological polar surface area (TPSA) is 106 Å². The molecule has 0 aromatic heterocycles. The van der Waals surface area contributed by atoms with E-state index in [1.807, 2.05) is 30.3 Å². The molecule has 0 fully saturated rings. The van der Waals surface area contributed by atoms with Gasteiger partial charge in [-0.25, -0.2) is 0 Å². The van der Waals surface area contributed by atoms with E-state index in [9.17, 15) is 9.90 Å². The highest BCUT2D eigenvalue weighted by Gasteiger charge is 2.08. The summed E-state index contributed by atoms with van der Waals surface area (Å²) in [5.41, 5.74) is 11.2. The Morgan fingerprint density at radius 3 is 2.21 bits per heavy atom. The molecule has 0 aliphatic heterocycles. The number of ether oxygens (including phenoxy) is 2. The lowest BCUT2D eigenvalue weighted by Crippen LogP contribution is -2.37. The number of hydrogen-bond donors (Lipinski definition) is 4. The molecule has 0 radical (unpaired) electrons. The Hall–Kier alpha value is -2.77. The van der Waals surface area contributed by atoms with Crippen LogP contribution in [0.1, 0.15) is 10.4 Å². The first-order valence-corrected chi connectivity index (χ1v) is 7.56. The van der Waals surface area contributed by atoms with Crippen molar-refractivity contribution in [3.63, 3.8) is 0 Å². The molecule has 0 aliphatic rings. The molecular formula is C17H21N3O4. The summed E-state index contributed by atoms with van der Waals surface area (Å²) in [6, 6.07) is 14.0. The monoisotopic (exact) mass is 331 g/mol. The van der Waals surface area contributed by atoms with Crippen molar-refractivity contribution in [3.05, 3.63) is 54.1 Å². The van der Waals surface area contributed by atoms with Crippen LogP contribution in [0.2, 0.25) is 0 Å². The van der Waals surface area contributed by atoms with Crippen LogP contribution in [0, 0.1) is 0 Å². The van der Waals surface area contributed by atoms with Gasteiger partial charge in [-0.15, -0.1) is 0 Å². The number of nitrogens with two attached hydrogens (primary N) is 1. The second-order valence-electron chi connectivity index (χ2n) is 4.91. The predicted molar refractivity (Wildman–Crippen MR) is 90.1 cm³/mol. The molecule has 24 heavy (non-hydrogen) atoms. The number of nitrogens with one attached hydrogen (secondary N) is 2. The zero-order valence-corrected chi connectivity index (χ0v) is 13.2. The maximum Gasteiger partial charge on any atom is 0.252 e. The third-order valence-electron chi connectivity index (χ3n) is 3.09. The number of aromatic hydroxyl groups is 1. The first-order valence-electron chi connectivity index (χ1n) is 7.56. The maximum atomic E-state index is 11.1. The van der Waals surface area contributed by atoms with Crippen LogP contribution >= 0.6 is 0 Å². The zero-order chi connectivity index (χ0) is 17.2. The van der Waals surface area contributed by atoms with Gasteiger partial charge in [-0.3, -0.25) is 15.6 Å². The lowest BCUT2D eigenvalue weighted by Gasteiger charge is -2.10. The van der Waals surface area contributed by atoms with Gasteiger partial charge in [-0.1, -0.05) is 18.2 Å². The van der Waals surface area contributed by atoms with Crippen LogP contribution in [0.15, 0.2) is 48.5 Å². The quantitative estimate of drug-likeness (QED) is 0.383. The second kappa shape index (κ2) is 9.39. The molecule has 7 heteroatoms. The van der Waals surface area contributed by atoms with Crippen molar-refractivity contribution in [3.8, 4) is 17.2 Å². The largest absolute Gasteiger partial charge is 0.507 e. The number of carbonyl (C=O) groups is 1. The Morgan fingerprint density at radius 1 is 0.958 bits per heavy atom. The summed E-state index contributed by atoms with van der Waals surface area (Å²) in [6.45, 7) is 2.12. The Balaban J connectivity index is 1.57. The van der Waals surface area contributed by atoms with E-state index in [0.29, 0.717) is 32.1 Å². The van der Waals surface area contributed by atoms with Crippen molar-refractivity contribution in [1.82, 2.24) is 10.9 Å². The van der Waals surface area contributed by atoms with Gasteiger partial charge in [0.2, 0.25) is 0 Å². The average molecular weight is 331 g/mol. The molecule has 0 atom stereocenters. The zero-order valence-electron chi connectivity index (χ0n) is 13.2.